The molecule has 0 spiro atoms. The number of anilines is 1. The van der Waals surface area contributed by atoms with Crippen molar-refractivity contribution >= 4 is 17.6 Å². The summed E-state index contributed by atoms with van der Waals surface area (Å²) in [6.45, 7) is 1.66. The lowest BCUT2D eigenvalue weighted by atomic mass is 10.0. The Morgan fingerprint density at radius 3 is 2.39 bits per heavy atom. The number of carbonyl (C=O) groups excluding carboxylic acids is 1. The average molecular weight is 309 g/mol. The molecule has 0 bridgehead atoms. The normalized spacial score (nSPS) is 18.9. The Hall–Kier alpha value is -2.62. The van der Waals surface area contributed by atoms with Gasteiger partial charge in [-0.3, -0.25) is 9.59 Å². The van der Waals surface area contributed by atoms with Crippen LogP contribution in [0.4, 0.5) is 5.69 Å². The van der Waals surface area contributed by atoms with E-state index in [1.165, 1.54) is 0 Å². The number of rotatable bonds is 4. The average Bonchev–Trinajstić information content (AvgIpc) is 2.96. The van der Waals surface area contributed by atoms with Crippen molar-refractivity contribution in [2.24, 2.45) is 0 Å². The zero-order valence-electron chi connectivity index (χ0n) is 13.0. The van der Waals surface area contributed by atoms with Gasteiger partial charge >= 0.3 is 5.97 Å². The van der Waals surface area contributed by atoms with Crippen molar-refractivity contribution in [3.8, 4) is 0 Å². The summed E-state index contributed by atoms with van der Waals surface area (Å²) in [7, 11) is 0. The molecule has 0 aromatic heterocycles. The predicted octanol–water partition coefficient (Wildman–Crippen LogP) is 3.74. The third kappa shape index (κ3) is 2.97. The van der Waals surface area contributed by atoms with E-state index in [9.17, 15) is 9.59 Å². The molecule has 1 N–H and O–H groups in total. The number of amides is 1. The topological polar surface area (TPSA) is 57.6 Å². The van der Waals surface area contributed by atoms with Crippen LogP contribution in [-0.4, -0.2) is 17.0 Å². The molecule has 0 aliphatic carbocycles. The van der Waals surface area contributed by atoms with E-state index < -0.39 is 11.9 Å². The fraction of sp³-hybridized carbons (Fsp3) is 0.263. The lowest BCUT2D eigenvalue weighted by Crippen LogP contribution is -2.27. The van der Waals surface area contributed by atoms with Crippen LogP contribution in [0.25, 0.3) is 0 Å². The Morgan fingerprint density at radius 2 is 1.78 bits per heavy atom. The fourth-order valence-electron chi connectivity index (χ4n) is 3.06. The smallest absolute Gasteiger partial charge is 0.310 e. The van der Waals surface area contributed by atoms with Crippen molar-refractivity contribution in [3.63, 3.8) is 0 Å². The van der Waals surface area contributed by atoms with Crippen LogP contribution in [0.5, 0.6) is 0 Å². The molecule has 4 heteroatoms. The van der Waals surface area contributed by atoms with E-state index in [2.05, 4.69) is 0 Å². The number of nitrogens with zero attached hydrogens (tertiary/aromatic N) is 1. The fourth-order valence-corrected chi connectivity index (χ4v) is 3.06. The molecular weight excluding hydrogens is 290 g/mol. The molecule has 3 rings (SSSR count). The van der Waals surface area contributed by atoms with Gasteiger partial charge in [-0.25, -0.2) is 0 Å². The molecule has 1 aliphatic heterocycles. The van der Waals surface area contributed by atoms with E-state index in [1.54, 1.807) is 19.1 Å². The minimum Gasteiger partial charge on any atom is -0.481 e. The van der Waals surface area contributed by atoms with Crippen LogP contribution in [0.15, 0.2) is 54.6 Å². The molecule has 1 amide bonds. The number of carboxylic acid groups (broad SMARTS) is 1. The van der Waals surface area contributed by atoms with Crippen LogP contribution in [0.3, 0.4) is 0 Å². The highest BCUT2D eigenvalue weighted by molar-refractivity contribution is 5.96. The maximum Gasteiger partial charge on any atom is 0.310 e. The Bertz CT molecular complexity index is 709. The summed E-state index contributed by atoms with van der Waals surface area (Å²) < 4.78 is 0. The van der Waals surface area contributed by atoms with Gasteiger partial charge in [0.05, 0.1) is 12.0 Å². The highest BCUT2D eigenvalue weighted by Crippen LogP contribution is 2.37. The Labute approximate surface area is 135 Å². The summed E-state index contributed by atoms with van der Waals surface area (Å²) in [6.07, 6.45) is 1.34. The molecule has 118 valence electrons. The van der Waals surface area contributed by atoms with Gasteiger partial charge in [0.15, 0.2) is 0 Å². The molecular formula is C19H19NO3. The van der Waals surface area contributed by atoms with Crippen LogP contribution >= 0.6 is 0 Å². The van der Waals surface area contributed by atoms with Gasteiger partial charge in [-0.15, -0.1) is 0 Å². The molecule has 1 saturated heterocycles. The quantitative estimate of drug-likeness (QED) is 0.936. The molecule has 1 aliphatic rings. The van der Waals surface area contributed by atoms with Crippen molar-refractivity contribution < 1.29 is 14.7 Å². The van der Waals surface area contributed by atoms with Gasteiger partial charge in [0.1, 0.15) is 0 Å². The molecule has 0 saturated carbocycles. The van der Waals surface area contributed by atoms with Crippen LogP contribution in [0.1, 0.15) is 42.9 Å². The minimum atomic E-state index is -0.850. The number of hydrogen-bond acceptors (Lipinski definition) is 2. The van der Waals surface area contributed by atoms with Crippen molar-refractivity contribution in [3.05, 3.63) is 65.7 Å². The van der Waals surface area contributed by atoms with Crippen LogP contribution in [0.2, 0.25) is 0 Å². The summed E-state index contributed by atoms with van der Waals surface area (Å²) in [5, 5.41) is 9.08. The summed E-state index contributed by atoms with van der Waals surface area (Å²) >= 11 is 0. The van der Waals surface area contributed by atoms with Crippen molar-refractivity contribution in [2.45, 2.75) is 31.7 Å². The number of benzene rings is 2. The number of carboxylic acids is 1. The second-order valence-corrected chi connectivity index (χ2v) is 5.88. The van der Waals surface area contributed by atoms with Crippen LogP contribution in [0, 0.1) is 0 Å². The molecule has 2 aromatic rings. The molecule has 1 heterocycles. The Kier molecular flexibility index (Phi) is 4.15. The van der Waals surface area contributed by atoms with Gasteiger partial charge in [-0.2, -0.15) is 0 Å². The van der Waals surface area contributed by atoms with Gasteiger partial charge in [-0.05, 0) is 36.6 Å². The van der Waals surface area contributed by atoms with E-state index >= 15 is 0 Å². The minimum absolute atomic E-state index is 0.0476. The summed E-state index contributed by atoms with van der Waals surface area (Å²) in [4.78, 5) is 25.2. The van der Waals surface area contributed by atoms with Gasteiger partial charge in [-0.1, -0.05) is 42.5 Å². The SMILES string of the molecule is CC(C(=O)O)c1ccc(N2C(=O)CCC2c2ccccc2)cc1. The van der Waals surface area contributed by atoms with Gasteiger partial charge < -0.3 is 10.0 Å². The van der Waals surface area contributed by atoms with E-state index in [1.807, 2.05) is 47.4 Å². The zero-order valence-corrected chi connectivity index (χ0v) is 13.0. The van der Waals surface area contributed by atoms with Gasteiger partial charge in [0, 0.05) is 12.1 Å². The van der Waals surface area contributed by atoms with E-state index in [-0.39, 0.29) is 11.9 Å². The number of hydrogen-bond donors (Lipinski definition) is 1. The second kappa shape index (κ2) is 6.24. The van der Waals surface area contributed by atoms with Gasteiger partial charge in [0.25, 0.3) is 0 Å². The molecule has 23 heavy (non-hydrogen) atoms. The first-order valence-electron chi connectivity index (χ1n) is 7.77. The summed E-state index contributed by atoms with van der Waals surface area (Å²) in [6, 6.07) is 17.3. The molecule has 2 unspecified atom stereocenters. The van der Waals surface area contributed by atoms with E-state index in [0.717, 1.165) is 23.2 Å². The maximum absolute atomic E-state index is 12.3. The Morgan fingerprint density at radius 1 is 1.13 bits per heavy atom. The first-order valence-corrected chi connectivity index (χ1v) is 7.77. The molecule has 0 radical (unpaired) electrons. The monoisotopic (exact) mass is 309 g/mol. The zero-order chi connectivity index (χ0) is 16.4. The second-order valence-electron chi connectivity index (χ2n) is 5.88. The molecule has 4 nitrogen and oxygen atoms in total. The predicted molar refractivity (Wildman–Crippen MR) is 88.4 cm³/mol. The maximum atomic E-state index is 12.3. The summed E-state index contributed by atoms with van der Waals surface area (Å²) in [5.74, 6) is -1.29. The highest BCUT2D eigenvalue weighted by Gasteiger charge is 2.33. The largest absolute Gasteiger partial charge is 0.481 e. The van der Waals surface area contributed by atoms with Crippen molar-refractivity contribution in [2.75, 3.05) is 4.90 Å². The Balaban J connectivity index is 1.89. The third-order valence-electron chi connectivity index (χ3n) is 4.44. The van der Waals surface area contributed by atoms with Crippen molar-refractivity contribution in [1.29, 1.82) is 0 Å². The third-order valence-corrected chi connectivity index (χ3v) is 4.44. The van der Waals surface area contributed by atoms with Crippen LogP contribution < -0.4 is 4.90 Å². The first-order chi connectivity index (χ1) is 11.1. The lowest BCUT2D eigenvalue weighted by molar-refractivity contribution is -0.138. The van der Waals surface area contributed by atoms with Crippen molar-refractivity contribution in [1.82, 2.24) is 0 Å². The lowest BCUT2D eigenvalue weighted by Gasteiger charge is -2.25. The van der Waals surface area contributed by atoms with Crippen LogP contribution in [-0.2, 0) is 9.59 Å². The molecule has 2 atom stereocenters. The standard InChI is InChI=1S/C19H19NO3/c1-13(19(22)23)14-7-9-16(10-8-14)20-17(11-12-18(20)21)15-5-3-2-4-6-15/h2-10,13,17H,11-12H2,1H3,(H,22,23). The number of aliphatic carboxylic acids is 1. The number of carbonyl (C=O) groups is 2. The molecule has 1 fully saturated rings. The first kappa shape index (κ1) is 15.3. The molecule has 2 aromatic carbocycles. The van der Waals surface area contributed by atoms with E-state index in [0.29, 0.717) is 6.42 Å². The van der Waals surface area contributed by atoms with E-state index in [4.69, 9.17) is 5.11 Å². The highest BCUT2D eigenvalue weighted by atomic mass is 16.4. The van der Waals surface area contributed by atoms with Gasteiger partial charge in [0.2, 0.25) is 5.91 Å². The summed E-state index contributed by atoms with van der Waals surface area (Å²) in [5.41, 5.74) is 2.69.